The van der Waals surface area contributed by atoms with E-state index < -0.39 is 11.8 Å². The largest absolute Gasteiger partial charge is 0.454 e. The maximum Gasteiger partial charge on any atom is 0.313 e. The van der Waals surface area contributed by atoms with E-state index >= 15 is 0 Å². The summed E-state index contributed by atoms with van der Waals surface area (Å²) < 4.78 is 10.8. The Labute approximate surface area is 179 Å². The molecular weight excluding hydrogens is 400 g/mol. The lowest BCUT2D eigenvalue weighted by Gasteiger charge is -2.34. The van der Waals surface area contributed by atoms with Gasteiger partial charge in [-0.25, -0.2) is 0 Å². The third kappa shape index (κ3) is 5.13. The molecule has 0 aromatic heterocycles. The van der Waals surface area contributed by atoms with Gasteiger partial charge in [-0.15, -0.1) is 0 Å². The van der Waals surface area contributed by atoms with Crippen molar-refractivity contribution in [2.24, 2.45) is 0 Å². The van der Waals surface area contributed by atoms with Gasteiger partial charge in [-0.3, -0.25) is 19.3 Å². The highest BCUT2D eigenvalue weighted by atomic mass is 16.7. The van der Waals surface area contributed by atoms with Crippen molar-refractivity contribution >= 4 is 29.1 Å². The van der Waals surface area contributed by atoms with Crippen molar-refractivity contribution in [3.63, 3.8) is 0 Å². The average Bonchev–Trinajstić information content (AvgIpc) is 3.23. The number of fused-ring (bicyclic) bond motifs is 1. The van der Waals surface area contributed by atoms with E-state index in [1.165, 1.54) is 6.92 Å². The first-order valence-electron chi connectivity index (χ1n) is 10.1. The summed E-state index contributed by atoms with van der Waals surface area (Å²) in [4.78, 5) is 39.7. The first-order chi connectivity index (χ1) is 15.0. The van der Waals surface area contributed by atoms with Gasteiger partial charge in [0.15, 0.2) is 11.5 Å². The van der Waals surface area contributed by atoms with E-state index in [9.17, 15) is 14.4 Å². The second kappa shape index (κ2) is 9.05. The summed E-state index contributed by atoms with van der Waals surface area (Å²) in [5.74, 6) is 0.123. The lowest BCUT2D eigenvalue weighted by molar-refractivity contribution is -0.144. The number of hydrogen-bond acceptors (Lipinski definition) is 6. The van der Waals surface area contributed by atoms with Crippen molar-refractivity contribution in [2.75, 3.05) is 43.6 Å². The van der Waals surface area contributed by atoms with Crippen LogP contribution in [0.4, 0.5) is 11.4 Å². The standard InChI is InChI=1S/C22H24N4O5/c1-15(27)23-17-3-5-18(6-4-17)24-21(28)22(29)26-10-8-25(9-11-26)13-16-2-7-19-20(12-16)31-14-30-19/h2-7,12H,8-11,13-14H2,1H3,(H,23,27)(H,24,28). The van der Waals surface area contributed by atoms with Gasteiger partial charge in [-0.2, -0.15) is 0 Å². The number of amides is 3. The van der Waals surface area contributed by atoms with E-state index in [4.69, 9.17) is 9.47 Å². The smallest absolute Gasteiger partial charge is 0.313 e. The quantitative estimate of drug-likeness (QED) is 0.724. The molecule has 0 bridgehead atoms. The van der Waals surface area contributed by atoms with Gasteiger partial charge in [0.05, 0.1) is 0 Å². The fourth-order valence-electron chi connectivity index (χ4n) is 3.57. The van der Waals surface area contributed by atoms with Crippen LogP contribution < -0.4 is 20.1 Å². The van der Waals surface area contributed by atoms with Crippen LogP contribution in [-0.2, 0) is 20.9 Å². The Kier molecular flexibility index (Phi) is 6.03. The van der Waals surface area contributed by atoms with Crippen molar-refractivity contribution in [3.8, 4) is 11.5 Å². The van der Waals surface area contributed by atoms with E-state index in [2.05, 4.69) is 15.5 Å². The summed E-state index contributed by atoms with van der Waals surface area (Å²) in [6.45, 7) is 4.74. The third-order valence-corrected chi connectivity index (χ3v) is 5.16. The van der Waals surface area contributed by atoms with Gasteiger partial charge in [-0.1, -0.05) is 6.07 Å². The van der Waals surface area contributed by atoms with Crippen LogP contribution in [0.3, 0.4) is 0 Å². The van der Waals surface area contributed by atoms with Crippen LogP contribution in [-0.4, -0.2) is 60.5 Å². The molecule has 3 amide bonds. The molecule has 162 valence electrons. The van der Waals surface area contributed by atoms with Gasteiger partial charge in [0.1, 0.15) is 0 Å². The molecule has 1 fully saturated rings. The molecule has 0 atom stereocenters. The van der Waals surface area contributed by atoms with Crippen molar-refractivity contribution in [2.45, 2.75) is 13.5 Å². The molecule has 31 heavy (non-hydrogen) atoms. The molecule has 2 aromatic rings. The van der Waals surface area contributed by atoms with Crippen molar-refractivity contribution in [3.05, 3.63) is 48.0 Å². The Balaban J connectivity index is 1.25. The summed E-state index contributed by atoms with van der Waals surface area (Å²) >= 11 is 0. The van der Waals surface area contributed by atoms with Crippen LogP contribution in [0.25, 0.3) is 0 Å². The Bertz CT molecular complexity index is 984. The zero-order chi connectivity index (χ0) is 21.8. The molecule has 0 saturated carbocycles. The predicted molar refractivity (Wildman–Crippen MR) is 114 cm³/mol. The highest BCUT2D eigenvalue weighted by molar-refractivity contribution is 6.39. The summed E-state index contributed by atoms with van der Waals surface area (Å²) in [5, 5.41) is 5.26. The van der Waals surface area contributed by atoms with Crippen LogP contribution >= 0.6 is 0 Å². The van der Waals surface area contributed by atoms with E-state index in [-0.39, 0.29) is 12.7 Å². The highest BCUT2D eigenvalue weighted by Gasteiger charge is 2.26. The van der Waals surface area contributed by atoms with E-state index in [0.717, 1.165) is 23.6 Å². The van der Waals surface area contributed by atoms with E-state index in [1.807, 2.05) is 18.2 Å². The van der Waals surface area contributed by atoms with Gasteiger partial charge >= 0.3 is 11.8 Å². The van der Waals surface area contributed by atoms with Crippen molar-refractivity contribution in [1.29, 1.82) is 0 Å². The van der Waals surface area contributed by atoms with Gasteiger partial charge < -0.3 is 25.0 Å². The topological polar surface area (TPSA) is 100 Å². The summed E-state index contributed by atoms with van der Waals surface area (Å²) in [7, 11) is 0. The number of carbonyl (C=O) groups excluding carboxylic acids is 3. The SMILES string of the molecule is CC(=O)Nc1ccc(NC(=O)C(=O)N2CCN(Cc3ccc4c(c3)OCO4)CC2)cc1. The molecular formula is C22H24N4O5. The van der Waals surface area contributed by atoms with Crippen LogP contribution in [0.1, 0.15) is 12.5 Å². The molecule has 0 aliphatic carbocycles. The summed E-state index contributed by atoms with van der Waals surface area (Å²) in [6, 6.07) is 12.5. The van der Waals surface area contributed by atoms with E-state index in [0.29, 0.717) is 37.6 Å². The Hall–Kier alpha value is -3.59. The molecule has 2 aliphatic heterocycles. The Morgan fingerprint density at radius 2 is 1.52 bits per heavy atom. The lowest BCUT2D eigenvalue weighted by Crippen LogP contribution is -2.51. The molecule has 2 heterocycles. The molecule has 4 rings (SSSR count). The predicted octanol–water partition coefficient (Wildman–Crippen LogP) is 1.66. The fraction of sp³-hybridized carbons (Fsp3) is 0.318. The number of piperazine rings is 1. The molecule has 0 unspecified atom stereocenters. The first kappa shape index (κ1) is 20.7. The number of carbonyl (C=O) groups is 3. The minimum absolute atomic E-state index is 0.176. The zero-order valence-corrected chi connectivity index (χ0v) is 17.2. The van der Waals surface area contributed by atoms with E-state index in [1.54, 1.807) is 29.2 Å². The zero-order valence-electron chi connectivity index (χ0n) is 17.2. The van der Waals surface area contributed by atoms with Gasteiger partial charge in [-0.05, 0) is 42.0 Å². The molecule has 2 aliphatic rings. The monoisotopic (exact) mass is 424 g/mol. The summed E-state index contributed by atoms with van der Waals surface area (Å²) in [6.07, 6.45) is 0. The number of nitrogens with one attached hydrogen (secondary N) is 2. The maximum absolute atomic E-state index is 12.5. The normalized spacial score (nSPS) is 15.5. The molecule has 9 heteroatoms. The number of hydrogen-bond donors (Lipinski definition) is 2. The van der Waals surface area contributed by atoms with Gasteiger partial charge in [0.2, 0.25) is 12.7 Å². The molecule has 1 saturated heterocycles. The number of anilines is 2. The minimum atomic E-state index is -0.670. The van der Waals surface area contributed by atoms with Gasteiger partial charge in [0, 0.05) is 51.0 Å². The van der Waals surface area contributed by atoms with Gasteiger partial charge in [0.25, 0.3) is 0 Å². The molecule has 0 spiro atoms. The van der Waals surface area contributed by atoms with Crippen molar-refractivity contribution in [1.82, 2.24) is 9.80 Å². The van der Waals surface area contributed by atoms with Crippen LogP contribution in [0.15, 0.2) is 42.5 Å². The number of ether oxygens (including phenoxy) is 2. The second-order valence-electron chi connectivity index (χ2n) is 7.47. The number of nitrogens with zero attached hydrogens (tertiary/aromatic N) is 2. The third-order valence-electron chi connectivity index (χ3n) is 5.16. The van der Waals surface area contributed by atoms with Crippen LogP contribution in [0.5, 0.6) is 11.5 Å². The Morgan fingerprint density at radius 1 is 0.871 bits per heavy atom. The van der Waals surface area contributed by atoms with Crippen molar-refractivity contribution < 1.29 is 23.9 Å². The fourth-order valence-corrected chi connectivity index (χ4v) is 3.57. The first-order valence-corrected chi connectivity index (χ1v) is 10.1. The minimum Gasteiger partial charge on any atom is -0.454 e. The van der Waals surface area contributed by atoms with Crippen LogP contribution in [0.2, 0.25) is 0 Å². The van der Waals surface area contributed by atoms with Crippen LogP contribution in [0, 0.1) is 0 Å². The number of rotatable bonds is 4. The lowest BCUT2D eigenvalue weighted by atomic mass is 10.1. The summed E-state index contributed by atoms with van der Waals surface area (Å²) in [5.41, 5.74) is 2.23. The maximum atomic E-state index is 12.5. The molecule has 2 N–H and O–H groups in total. The second-order valence-corrected chi connectivity index (χ2v) is 7.47. The Morgan fingerprint density at radius 3 is 2.19 bits per heavy atom. The number of benzene rings is 2. The molecule has 2 aromatic carbocycles. The average molecular weight is 424 g/mol. The molecule has 9 nitrogen and oxygen atoms in total. The molecule has 0 radical (unpaired) electrons. The highest BCUT2D eigenvalue weighted by Crippen LogP contribution is 2.32.